The highest BCUT2D eigenvalue weighted by atomic mass is 19.4. The number of benzene rings is 1. The minimum Gasteiger partial charge on any atom is -0.493 e. The summed E-state index contributed by atoms with van der Waals surface area (Å²) in [4.78, 5) is 0. The topological polar surface area (TPSA) is 29.5 Å². The lowest BCUT2D eigenvalue weighted by atomic mass is 9.74. The Labute approximate surface area is 103 Å². The Morgan fingerprint density at radius 3 is 2.72 bits per heavy atom. The quantitative estimate of drug-likeness (QED) is 0.885. The van der Waals surface area contributed by atoms with Crippen molar-refractivity contribution in [3.05, 3.63) is 29.8 Å². The second-order valence-corrected chi connectivity index (χ2v) is 4.92. The summed E-state index contributed by atoms with van der Waals surface area (Å²) in [5.41, 5.74) is 0.0311. The number of fused-ring (bicyclic) bond motifs is 1. The molecule has 0 fully saturated rings. The van der Waals surface area contributed by atoms with E-state index in [2.05, 4.69) is 0 Å². The average molecular weight is 260 g/mol. The van der Waals surface area contributed by atoms with Crippen LogP contribution in [-0.2, 0) is 5.41 Å². The molecule has 0 saturated carbocycles. The van der Waals surface area contributed by atoms with Gasteiger partial charge < -0.3 is 9.84 Å². The first-order chi connectivity index (χ1) is 8.33. The zero-order valence-electron chi connectivity index (χ0n) is 10.00. The molecular weight excluding hydrogens is 245 g/mol. The maximum atomic E-state index is 12.5. The van der Waals surface area contributed by atoms with Crippen molar-refractivity contribution in [2.75, 3.05) is 6.61 Å². The van der Waals surface area contributed by atoms with Crippen molar-refractivity contribution in [1.82, 2.24) is 0 Å². The van der Waals surface area contributed by atoms with E-state index in [-0.39, 0.29) is 6.42 Å². The van der Waals surface area contributed by atoms with Crippen molar-refractivity contribution in [1.29, 1.82) is 0 Å². The third-order valence-corrected chi connectivity index (χ3v) is 3.47. The number of halogens is 3. The first-order valence-electron chi connectivity index (χ1n) is 5.80. The van der Waals surface area contributed by atoms with Crippen molar-refractivity contribution in [3.63, 3.8) is 0 Å². The zero-order chi connectivity index (χ0) is 13.4. The van der Waals surface area contributed by atoms with Crippen molar-refractivity contribution in [2.24, 2.45) is 0 Å². The van der Waals surface area contributed by atoms with E-state index in [1.165, 1.54) is 0 Å². The molecule has 2 atom stereocenters. The predicted molar refractivity (Wildman–Crippen MR) is 60.6 cm³/mol. The van der Waals surface area contributed by atoms with Gasteiger partial charge in [0.1, 0.15) is 5.75 Å². The number of ether oxygens (including phenoxy) is 1. The number of aliphatic hydroxyl groups is 1. The molecule has 2 rings (SSSR count). The lowest BCUT2D eigenvalue weighted by Crippen LogP contribution is -2.39. The summed E-state index contributed by atoms with van der Waals surface area (Å²) in [6, 6.07) is 7.06. The fourth-order valence-electron chi connectivity index (χ4n) is 2.37. The summed E-state index contributed by atoms with van der Waals surface area (Å²) in [7, 11) is 0. The molecule has 1 aromatic carbocycles. The van der Waals surface area contributed by atoms with Gasteiger partial charge in [0, 0.05) is 11.0 Å². The molecule has 5 heteroatoms. The van der Waals surface area contributed by atoms with Crippen LogP contribution in [0.5, 0.6) is 5.75 Å². The molecule has 0 spiro atoms. The van der Waals surface area contributed by atoms with E-state index in [1.54, 1.807) is 31.2 Å². The largest absolute Gasteiger partial charge is 0.493 e. The molecule has 2 nitrogen and oxygen atoms in total. The van der Waals surface area contributed by atoms with Crippen LogP contribution in [0.4, 0.5) is 13.2 Å². The van der Waals surface area contributed by atoms with Gasteiger partial charge in [-0.05, 0) is 18.9 Å². The maximum Gasteiger partial charge on any atom is 0.414 e. The lowest BCUT2D eigenvalue weighted by Gasteiger charge is -2.37. The third-order valence-electron chi connectivity index (χ3n) is 3.47. The summed E-state index contributed by atoms with van der Waals surface area (Å²) in [6.07, 6.45) is -6.74. The Bertz CT molecular complexity index is 430. The number of hydrogen-bond donors (Lipinski definition) is 1. The summed E-state index contributed by atoms with van der Waals surface area (Å²) in [5.74, 6) is 0.612. The van der Waals surface area contributed by atoms with Gasteiger partial charge in [0.25, 0.3) is 0 Å². The molecule has 1 aliphatic heterocycles. The van der Waals surface area contributed by atoms with Crippen LogP contribution >= 0.6 is 0 Å². The normalized spacial score (nSPS) is 25.2. The second-order valence-electron chi connectivity index (χ2n) is 4.92. The Morgan fingerprint density at radius 2 is 2.06 bits per heavy atom. The minimum absolute atomic E-state index is 0.336. The van der Waals surface area contributed by atoms with Gasteiger partial charge >= 0.3 is 6.18 Å². The Kier molecular flexibility index (Phi) is 3.27. The number of rotatable bonds is 2. The van der Waals surface area contributed by atoms with Gasteiger partial charge in [0.15, 0.2) is 6.10 Å². The van der Waals surface area contributed by atoms with E-state index in [9.17, 15) is 18.3 Å². The van der Waals surface area contributed by atoms with E-state index < -0.39 is 17.7 Å². The van der Waals surface area contributed by atoms with Gasteiger partial charge in [-0.25, -0.2) is 0 Å². The van der Waals surface area contributed by atoms with E-state index in [0.29, 0.717) is 18.8 Å². The minimum atomic E-state index is -4.57. The smallest absolute Gasteiger partial charge is 0.414 e. The van der Waals surface area contributed by atoms with Gasteiger partial charge in [-0.3, -0.25) is 0 Å². The van der Waals surface area contributed by atoms with Crippen molar-refractivity contribution in [2.45, 2.75) is 37.5 Å². The second kappa shape index (κ2) is 4.46. The van der Waals surface area contributed by atoms with E-state index in [4.69, 9.17) is 4.74 Å². The van der Waals surface area contributed by atoms with Gasteiger partial charge in [0.05, 0.1) is 6.61 Å². The number of hydrogen-bond acceptors (Lipinski definition) is 2. The SMILES string of the molecule is CC1(CC(O)C(F)(F)F)CCOc2ccccc21. The van der Waals surface area contributed by atoms with E-state index in [0.717, 1.165) is 5.56 Å². The summed E-state index contributed by atoms with van der Waals surface area (Å²) >= 11 is 0. The van der Waals surface area contributed by atoms with Crippen LogP contribution in [0.2, 0.25) is 0 Å². The molecule has 0 aliphatic carbocycles. The van der Waals surface area contributed by atoms with Gasteiger partial charge in [-0.15, -0.1) is 0 Å². The zero-order valence-corrected chi connectivity index (χ0v) is 10.00. The molecule has 2 unspecified atom stereocenters. The molecule has 0 bridgehead atoms. The van der Waals surface area contributed by atoms with Gasteiger partial charge in [-0.2, -0.15) is 13.2 Å². The Hall–Kier alpha value is -1.23. The maximum absolute atomic E-state index is 12.5. The molecule has 0 amide bonds. The molecule has 0 aromatic heterocycles. The first-order valence-corrected chi connectivity index (χ1v) is 5.80. The molecule has 1 N–H and O–H groups in total. The van der Waals surface area contributed by atoms with Crippen LogP contribution < -0.4 is 4.74 Å². The summed E-state index contributed by atoms with van der Waals surface area (Å²) in [6.45, 7) is 2.11. The fraction of sp³-hybridized carbons (Fsp3) is 0.538. The summed E-state index contributed by atoms with van der Waals surface area (Å²) < 4.78 is 42.8. The van der Waals surface area contributed by atoms with Crippen LogP contribution in [0.3, 0.4) is 0 Å². The molecular formula is C13H15F3O2. The Morgan fingerprint density at radius 1 is 1.39 bits per heavy atom. The van der Waals surface area contributed by atoms with Crippen molar-refractivity contribution >= 4 is 0 Å². The highest BCUT2D eigenvalue weighted by Gasteiger charge is 2.44. The molecule has 0 saturated heterocycles. The van der Waals surface area contributed by atoms with E-state index >= 15 is 0 Å². The lowest BCUT2D eigenvalue weighted by molar-refractivity contribution is -0.209. The monoisotopic (exact) mass is 260 g/mol. The molecule has 18 heavy (non-hydrogen) atoms. The van der Waals surface area contributed by atoms with E-state index in [1.807, 2.05) is 0 Å². The van der Waals surface area contributed by atoms with Crippen molar-refractivity contribution < 1.29 is 23.0 Å². The van der Waals surface area contributed by atoms with Crippen molar-refractivity contribution in [3.8, 4) is 5.75 Å². The van der Waals surface area contributed by atoms with Crippen LogP contribution in [0, 0.1) is 0 Å². The van der Waals surface area contributed by atoms with Crippen LogP contribution in [0.25, 0.3) is 0 Å². The summed E-state index contributed by atoms with van der Waals surface area (Å²) in [5, 5.41) is 9.26. The number of para-hydroxylation sites is 1. The highest BCUT2D eigenvalue weighted by Crippen LogP contribution is 2.43. The highest BCUT2D eigenvalue weighted by molar-refractivity contribution is 5.41. The first kappa shape index (κ1) is 13.2. The van der Waals surface area contributed by atoms with Gasteiger partial charge in [0.2, 0.25) is 0 Å². The molecule has 100 valence electrons. The molecule has 0 radical (unpaired) electrons. The average Bonchev–Trinajstić information content (AvgIpc) is 2.28. The number of aliphatic hydroxyl groups excluding tert-OH is 1. The van der Waals surface area contributed by atoms with Crippen LogP contribution in [0.1, 0.15) is 25.3 Å². The molecule has 1 heterocycles. The molecule has 1 aliphatic rings. The fourth-order valence-corrected chi connectivity index (χ4v) is 2.37. The van der Waals surface area contributed by atoms with Gasteiger partial charge in [-0.1, -0.05) is 25.1 Å². The number of alkyl halides is 3. The van der Waals surface area contributed by atoms with Crippen LogP contribution in [-0.4, -0.2) is 24.0 Å². The standard InChI is InChI=1S/C13H15F3O2/c1-12(8-11(17)13(14,15)16)6-7-18-10-5-3-2-4-9(10)12/h2-5,11,17H,6-8H2,1H3. The van der Waals surface area contributed by atoms with Crippen LogP contribution in [0.15, 0.2) is 24.3 Å². The third kappa shape index (κ3) is 2.46. The molecule has 1 aromatic rings. The Balaban J connectivity index is 2.27. The predicted octanol–water partition coefficient (Wildman–Crippen LogP) is 3.04.